The summed E-state index contributed by atoms with van der Waals surface area (Å²) in [7, 11) is 4.74. The van der Waals surface area contributed by atoms with E-state index in [1.54, 1.807) is 61.1 Å². The lowest BCUT2D eigenvalue weighted by molar-refractivity contribution is 0.0144. The van der Waals surface area contributed by atoms with Crippen molar-refractivity contribution in [2.75, 3.05) is 39.3 Å². The van der Waals surface area contributed by atoms with Gasteiger partial charge in [0.15, 0.2) is 17.3 Å². The Labute approximate surface area is 265 Å². The number of ether oxygens (including phenoxy) is 4. The number of aromatic nitrogens is 2. The molecule has 0 bridgehead atoms. The van der Waals surface area contributed by atoms with Gasteiger partial charge in [-0.3, -0.25) is 0 Å². The fourth-order valence-electron chi connectivity index (χ4n) is 4.82. The number of hydrogen-bond donors (Lipinski definition) is 0. The Morgan fingerprint density at radius 3 is 2.43 bits per heavy atom. The number of hydrogen-bond acceptors (Lipinski definition) is 9. The van der Waals surface area contributed by atoms with Gasteiger partial charge in [0.25, 0.3) is 0 Å². The molecule has 44 heavy (non-hydrogen) atoms. The lowest BCUT2D eigenvalue weighted by Crippen LogP contribution is -2.53. The maximum atomic E-state index is 15.6. The molecule has 3 aromatic carbocycles. The number of anilines is 2. The van der Waals surface area contributed by atoms with Gasteiger partial charge in [0.1, 0.15) is 23.5 Å². The topological polar surface area (TPSA) is 86.3 Å². The molecule has 232 valence electrons. The SMILES string of the molecule is COc1ccc(CN(c2cccc(Cl)c2F)c2ncnc3cc(OC)c(SC4CN(C(=O)OC(C)(C)C)C4)cc23)cc1OC. The van der Waals surface area contributed by atoms with Crippen molar-refractivity contribution in [2.45, 2.75) is 43.1 Å². The molecule has 1 aromatic heterocycles. The Morgan fingerprint density at radius 1 is 1.02 bits per heavy atom. The minimum absolute atomic E-state index is 0.00406. The molecule has 0 unspecified atom stereocenters. The first-order valence-electron chi connectivity index (χ1n) is 13.9. The number of benzene rings is 3. The van der Waals surface area contributed by atoms with Crippen molar-refractivity contribution in [1.29, 1.82) is 0 Å². The molecule has 0 N–H and O–H groups in total. The van der Waals surface area contributed by atoms with E-state index in [0.29, 0.717) is 47.1 Å². The van der Waals surface area contributed by atoms with Crippen LogP contribution in [0, 0.1) is 5.82 Å². The van der Waals surface area contributed by atoms with Crippen LogP contribution >= 0.6 is 23.4 Å². The maximum absolute atomic E-state index is 15.6. The van der Waals surface area contributed by atoms with Crippen molar-refractivity contribution in [3.8, 4) is 17.2 Å². The van der Waals surface area contributed by atoms with Crippen LogP contribution in [0.2, 0.25) is 5.02 Å². The third-order valence-corrected chi connectivity index (χ3v) is 8.46. The standard InChI is InChI=1S/C32H34ClFN4O5S/c1-32(2,3)43-31(39)37-16-20(17-37)44-28-13-21-23(14-27(28)42-6)35-18-36-30(21)38(24-9-7-8-22(33)29(24)34)15-19-10-11-25(40-4)26(12-19)41-5/h7-14,18,20H,15-17H2,1-6H3. The van der Waals surface area contributed by atoms with E-state index in [9.17, 15) is 4.79 Å². The van der Waals surface area contributed by atoms with Crippen molar-refractivity contribution in [3.05, 3.63) is 71.3 Å². The highest BCUT2D eigenvalue weighted by atomic mass is 35.5. The number of carbonyl (C=O) groups is 1. The molecule has 0 spiro atoms. The summed E-state index contributed by atoms with van der Waals surface area (Å²) in [6.45, 7) is 6.86. The van der Waals surface area contributed by atoms with Crippen molar-refractivity contribution in [1.82, 2.24) is 14.9 Å². The van der Waals surface area contributed by atoms with Crippen LogP contribution < -0.4 is 19.1 Å². The second kappa shape index (κ2) is 13.0. The Kier molecular flexibility index (Phi) is 9.26. The number of methoxy groups -OCH3 is 3. The molecule has 2 heterocycles. The molecule has 12 heteroatoms. The van der Waals surface area contributed by atoms with Crippen LogP contribution in [0.1, 0.15) is 26.3 Å². The largest absolute Gasteiger partial charge is 0.496 e. The first kappa shape index (κ1) is 31.5. The zero-order valence-electron chi connectivity index (χ0n) is 25.4. The number of carbonyl (C=O) groups excluding carboxylic acids is 1. The van der Waals surface area contributed by atoms with Crippen LogP contribution in [0.15, 0.2) is 59.8 Å². The normalized spacial score (nSPS) is 13.4. The highest BCUT2D eigenvalue weighted by Gasteiger charge is 2.35. The molecule has 1 saturated heterocycles. The van der Waals surface area contributed by atoms with Crippen molar-refractivity contribution in [3.63, 3.8) is 0 Å². The smallest absolute Gasteiger partial charge is 0.410 e. The minimum atomic E-state index is -0.568. The van der Waals surface area contributed by atoms with Gasteiger partial charge in [0.2, 0.25) is 0 Å². The van der Waals surface area contributed by atoms with Gasteiger partial charge >= 0.3 is 6.09 Å². The van der Waals surface area contributed by atoms with Gasteiger partial charge < -0.3 is 28.7 Å². The first-order chi connectivity index (χ1) is 21.0. The number of likely N-dealkylation sites (tertiary alicyclic amines) is 1. The summed E-state index contributed by atoms with van der Waals surface area (Å²) in [6, 6.07) is 14.2. The quantitative estimate of drug-likeness (QED) is 0.185. The Bertz CT molecular complexity index is 1680. The molecule has 0 aliphatic carbocycles. The average molecular weight is 641 g/mol. The van der Waals surface area contributed by atoms with E-state index >= 15 is 4.39 Å². The van der Waals surface area contributed by atoms with Gasteiger partial charge in [-0.1, -0.05) is 23.7 Å². The van der Waals surface area contributed by atoms with Crippen molar-refractivity contribution < 1.29 is 28.1 Å². The molecule has 9 nitrogen and oxygen atoms in total. The van der Waals surface area contributed by atoms with Crippen LogP contribution in [-0.2, 0) is 11.3 Å². The van der Waals surface area contributed by atoms with Crippen LogP contribution in [0.5, 0.6) is 17.2 Å². The monoisotopic (exact) mass is 640 g/mol. The summed E-state index contributed by atoms with van der Waals surface area (Å²) in [5.74, 6) is 1.69. The van der Waals surface area contributed by atoms with Crippen LogP contribution in [-0.4, -0.2) is 66.2 Å². The molecular weight excluding hydrogens is 607 g/mol. The maximum Gasteiger partial charge on any atom is 0.410 e. The van der Waals surface area contributed by atoms with Gasteiger partial charge in [-0.2, -0.15) is 0 Å². The van der Waals surface area contributed by atoms with Crippen molar-refractivity contribution in [2.24, 2.45) is 0 Å². The number of thioether (sulfide) groups is 1. The molecule has 1 amide bonds. The number of rotatable bonds is 9. The van der Waals surface area contributed by atoms with Gasteiger partial charge in [0.05, 0.1) is 42.5 Å². The molecule has 0 atom stereocenters. The zero-order chi connectivity index (χ0) is 31.6. The van der Waals surface area contributed by atoms with Gasteiger partial charge in [0, 0.05) is 36.3 Å². The molecule has 5 rings (SSSR count). The fraction of sp³-hybridized carbons (Fsp3) is 0.344. The summed E-state index contributed by atoms with van der Waals surface area (Å²) >= 11 is 7.84. The Balaban J connectivity index is 1.53. The number of nitrogens with zero attached hydrogens (tertiary/aromatic N) is 4. The van der Waals surface area contributed by atoms with E-state index in [0.717, 1.165) is 10.5 Å². The molecular formula is C32H34ClFN4O5S. The lowest BCUT2D eigenvalue weighted by Gasteiger charge is -2.39. The Hall–Kier alpha value is -3.96. The third-order valence-electron chi connectivity index (χ3n) is 6.96. The predicted octanol–water partition coefficient (Wildman–Crippen LogP) is 7.50. The fourth-order valence-corrected chi connectivity index (χ4v) is 6.30. The van der Waals surface area contributed by atoms with E-state index in [1.807, 2.05) is 45.0 Å². The van der Waals surface area contributed by atoms with Gasteiger partial charge in [-0.05, 0) is 56.7 Å². The van der Waals surface area contributed by atoms with Gasteiger partial charge in [-0.25, -0.2) is 19.2 Å². The third kappa shape index (κ3) is 6.73. The van der Waals surface area contributed by atoms with Crippen LogP contribution in [0.25, 0.3) is 10.9 Å². The van der Waals surface area contributed by atoms with E-state index in [1.165, 1.54) is 12.4 Å². The minimum Gasteiger partial charge on any atom is -0.496 e. The molecule has 1 aliphatic rings. The summed E-state index contributed by atoms with van der Waals surface area (Å²) in [5, 5.41) is 0.824. The molecule has 0 radical (unpaired) electrons. The summed E-state index contributed by atoms with van der Waals surface area (Å²) in [5.41, 5.74) is 1.15. The van der Waals surface area contributed by atoms with E-state index < -0.39 is 11.4 Å². The second-order valence-corrected chi connectivity index (χ2v) is 12.9. The summed E-state index contributed by atoms with van der Waals surface area (Å²) in [4.78, 5) is 25.9. The average Bonchev–Trinajstić information content (AvgIpc) is 2.97. The molecule has 0 saturated carbocycles. The first-order valence-corrected chi connectivity index (χ1v) is 15.2. The molecule has 1 fully saturated rings. The van der Waals surface area contributed by atoms with Crippen molar-refractivity contribution >= 4 is 51.9 Å². The number of fused-ring (bicyclic) bond motifs is 1. The zero-order valence-corrected chi connectivity index (χ0v) is 27.0. The molecule has 1 aliphatic heterocycles. The predicted molar refractivity (Wildman–Crippen MR) is 170 cm³/mol. The highest BCUT2D eigenvalue weighted by Crippen LogP contribution is 2.42. The van der Waals surface area contributed by atoms with E-state index in [-0.39, 0.29) is 28.6 Å². The molecule has 4 aromatic rings. The van der Waals surface area contributed by atoms with Gasteiger partial charge in [-0.15, -0.1) is 11.8 Å². The number of amides is 1. The second-order valence-electron chi connectivity index (χ2n) is 11.2. The summed E-state index contributed by atoms with van der Waals surface area (Å²) < 4.78 is 37.7. The van der Waals surface area contributed by atoms with Crippen LogP contribution in [0.3, 0.4) is 0 Å². The van der Waals surface area contributed by atoms with E-state index in [2.05, 4.69) is 9.97 Å². The van der Waals surface area contributed by atoms with Crippen LogP contribution in [0.4, 0.5) is 20.7 Å². The summed E-state index contributed by atoms with van der Waals surface area (Å²) in [6.07, 6.45) is 1.11. The number of halogens is 2. The highest BCUT2D eigenvalue weighted by molar-refractivity contribution is 8.00. The lowest BCUT2D eigenvalue weighted by atomic mass is 10.1. The Morgan fingerprint density at radius 2 is 1.75 bits per heavy atom. The van der Waals surface area contributed by atoms with E-state index in [4.69, 9.17) is 30.5 Å².